The maximum absolute atomic E-state index is 12.4. The van der Waals surface area contributed by atoms with E-state index in [-0.39, 0.29) is 18.9 Å². The van der Waals surface area contributed by atoms with Crippen LogP contribution in [0.2, 0.25) is 0 Å². The van der Waals surface area contributed by atoms with Crippen LogP contribution in [0.4, 0.5) is 4.79 Å². The van der Waals surface area contributed by atoms with E-state index in [1.54, 1.807) is 12.0 Å². The Kier molecular flexibility index (Phi) is 11.6. The van der Waals surface area contributed by atoms with Gasteiger partial charge in [-0.25, -0.2) is 4.79 Å². The van der Waals surface area contributed by atoms with Crippen molar-refractivity contribution in [3.63, 3.8) is 0 Å². The molecule has 4 heteroatoms. The maximum atomic E-state index is 12.4. The summed E-state index contributed by atoms with van der Waals surface area (Å²) in [5, 5.41) is 0. The first-order chi connectivity index (χ1) is 10.9. The van der Waals surface area contributed by atoms with Gasteiger partial charge in [0.15, 0.2) is 0 Å². The van der Waals surface area contributed by atoms with Gasteiger partial charge in [0.25, 0.3) is 0 Å². The van der Waals surface area contributed by atoms with Gasteiger partial charge in [0.05, 0.1) is 0 Å². The van der Waals surface area contributed by atoms with E-state index >= 15 is 0 Å². The Bertz CT molecular complexity index is 355. The number of amides is 1. The van der Waals surface area contributed by atoms with Crippen LogP contribution in [0.3, 0.4) is 0 Å². The quantitative estimate of drug-likeness (QED) is 0.306. The van der Waals surface area contributed by atoms with Crippen molar-refractivity contribution in [3.8, 4) is 12.3 Å². The summed E-state index contributed by atoms with van der Waals surface area (Å²) in [5.41, 5.74) is -0.524. The van der Waals surface area contributed by atoms with Crippen molar-refractivity contribution >= 4 is 6.09 Å². The molecule has 0 heterocycles. The monoisotopic (exact) mass is 325 g/mol. The molecular weight excluding hydrogens is 290 g/mol. The molecule has 0 bridgehead atoms. The Hall–Kier alpha value is -1.21. The average Bonchev–Trinajstić information content (AvgIpc) is 2.45. The van der Waals surface area contributed by atoms with Crippen LogP contribution in [0, 0.1) is 12.3 Å². The van der Waals surface area contributed by atoms with Crippen molar-refractivity contribution in [2.45, 2.75) is 90.7 Å². The lowest BCUT2D eigenvalue weighted by atomic mass is 10.0. The molecule has 0 aliphatic carbocycles. The van der Waals surface area contributed by atoms with E-state index in [2.05, 4.69) is 12.8 Å². The first-order valence-corrected chi connectivity index (χ1v) is 8.77. The topological polar surface area (TPSA) is 38.8 Å². The molecule has 0 saturated carbocycles. The molecule has 1 unspecified atom stereocenters. The number of hydrogen-bond acceptors (Lipinski definition) is 3. The standard InChI is InChI=1S/C19H35NO3/c1-7-9-10-11-12-13-15-17(14-8-2)20(16-22-6)18(21)23-19(3,4)5/h2,17H,7,9-16H2,1,3-6H3. The summed E-state index contributed by atoms with van der Waals surface area (Å²) < 4.78 is 10.7. The number of nitrogens with zero attached hydrogens (tertiary/aromatic N) is 1. The van der Waals surface area contributed by atoms with E-state index in [4.69, 9.17) is 15.9 Å². The van der Waals surface area contributed by atoms with Gasteiger partial charge in [-0.3, -0.25) is 4.90 Å². The molecule has 0 radical (unpaired) electrons. The van der Waals surface area contributed by atoms with E-state index < -0.39 is 5.60 Å². The Morgan fingerprint density at radius 3 is 2.30 bits per heavy atom. The van der Waals surface area contributed by atoms with Crippen LogP contribution in [-0.4, -0.2) is 36.5 Å². The molecule has 0 rings (SSSR count). The van der Waals surface area contributed by atoms with Crippen LogP contribution >= 0.6 is 0 Å². The predicted octanol–water partition coefficient (Wildman–Crippen LogP) is 4.97. The Balaban J connectivity index is 4.57. The summed E-state index contributed by atoms with van der Waals surface area (Å²) in [4.78, 5) is 14.0. The first-order valence-electron chi connectivity index (χ1n) is 8.77. The molecule has 0 aliphatic rings. The van der Waals surface area contributed by atoms with Crippen molar-refractivity contribution < 1.29 is 14.3 Å². The van der Waals surface area contributed by atoms with Gasteiger partial charge >= 0.3 is 6.09 Å². The predicted molar refractivity (Wildman–Crippen MR) is 95.2 cm³/mol. The summed E-state index contributed by atoms with van der Waals surface area (Å²) in [7, 11) is 1.58. The third-order valence-corrected chi connectivity index (χ3v) is 3.58. The average molecular weight is 325 g/mol. The smallest absolute Gasteiger partial charge is 0.412 e. The van der Waals surface area contributed by atoms with Crippen LogP contribution in [0.25, 0.3) is 0 Å². The van der Waals surface area contributed by atoms with Gasteiger partial charge in [-0.15, -0.1) is 12.3 Å². The lowest BCUT2D eigenvalue weighted by Gasteiger charge is -2.32. The van der Waals surface area contributed by atoms with E-state index in [1.165, 1.54) is 32.1 Å². The van der Waals surface area contributed by atoms with Gasteiger partial charge < -0.3 is 9.47 Å². The number of ether oxygens (including phenoxy) is 2. The highest BCUT2D eigenvalue weighted by Gasteiger charge is 2.27. The molecule has 23 heavy (non-hydrogen) atoms. The van der Waals surface area contributed by atoms with Crippen molar-refractivity contribution in [3.05, 3.63) is 0 Å². The lowest BCUT2D eigenvalue weighted by Crippen LogP contribution is -2.44. The minimum atomic E-state index is -0.524. The van der Waals surface area contributed by atoms with Gasteiger partial charge in [0.1, 0.15) is 12.3 Å². The van der Waals surface area contributed by atoms with Crippen molar-refractivity contribution in [1.29, 1.82) is 0 Å². The number of methoxy groups -OCH3 is 1. The van der Waals surface area contributed by atoms with E-state index in [9.17, 15) is 4.79 Å². The molecule has 0 aromatic heterocycles. The molecule has 1 amide bonds. The van der Waals surface area contributed by atoms with Gasteiger partial charge in [-0.2, -0.15) is 0 Å². The molecule has 0 spiro atoms. The van der Waals surface area contributed by atoms with Gasteiger partial charge in [-0.05, 0) is 27.2 Å². The molecule has 0 aromatic carbocycles. The highest BCUT2D eigenvalue weighted by molar-refractivity contribution is 5.68. The summed E-state index contributed by atoms with van der Waals surface area (Å²) >= 11 is 0. The van der Waals surface area contributed by atoms with Gasteiger partial charge in [-0.1, -0.05) is 45.4 Å². The van der Waals surface area contributed by atoms with E-state index in [0.29, 0.717) is 6.42 Å². The summed E-state index contributed by atoms with van der Waals surface area (Å²) in [5.74, 6) is 2.68. The summed E-state index contributed by atoms with van der Waals surface area (Å²) in [6.45, 7) is 8.00. The molecule has 0 saturated heterocycles. The second-order valence-electron chi connectivity index (χ2n) is 6.99. The van der Waals surface area contributed by atoms with Crippen LogP contribution in [0.1, 0.15) is 79.1 Å². The van der Waals surface area contributed by atoms with Crippen molar-refractivity contribution in [2.75, 3.05) is 13.8 Å². The zero-order valence-electron chi connectivity index (χ0n) is 15.7. The molecule has 134 valence electrons. The van der Waals surface area contributed by atoms with Crippen LogP contribution < -0.4 is 0 Å². The zero-order chi connectivity index (χ0) is 17.7. The minimum Gasteiger partial charge on any atom is -0.444 e. The van der Waals surface area contributed by atoms with Crippen LogP contribution in [0.5, 0.6) is 0 Å². The number of carbonyl (C=O) groups is 1. The van der Waals surface area contributed by atoms with Crippen molar-refractivity contribution in [2.24, 2.45) is 0 Å². The van der Waals surface area contributed by atoms with Crippen LogP contribution in [0.15, 0.2) is 0 Å². The highest BCUT2D eigenvalue weighted by atomic mass is 16.6. The Labute approximate surface area is 142 Å². The number of unbranched alkanes of at least 4 members (excludes halogenated alkanes) is 5. The van der Waals surface area contributed by atoms with E-state index in [0.717, 1.165) is 12.8 Å². The third-order valence-electron chi connectivity index (χ3n) is 3.58. The second-order valence-corrected chi connectivity index (χ2v) is 6.99. The third kappa shape index (κ3) is 11.0. The molecule has 4 nitrogen and oxygen atoms in total. The maximum Gasteiger partial charge on any atom is 0.412 e. The normalized spacial score (nSPS) is 12.5. The van der Waals surface area contributed by atoms with Gasteiger partial charge in [0, 0.05) is 19.6 Å². The molecule has 0 aliphatic heterocycles. The molecular formula is C19H35NO3. The number of carbonyl (C=O) groups excluding carboxylic acids is 1. The fraction of sp³-hybridized carbons (Fsp3) is 0.842. The molecule has 1 atom stereocenters. The fourth-order valence-corrected chi connectivity index (χ4v) is 2.43. The summed E-state index contributed by atoms with van der Waals surface area (Å²) in [6.07, 6.45) is 13.9. The molecule has 0 fully saturated rings. The lowest BCUT2D eigenvalue weighted by molar-refractivity contribution is -0.0177. The minimum absolute atomic E-state index is 0.0269. The highest BCUT2D eigenvalue weighted by Crippen LogP contribution is 2.18. The number of terminal acetylenes is 1. The zero-order valence-corrected chi connectivity index (χ0v) is 15.7. The van der Waals surface area contributed by atoms with Crippen LogP contribution in [-0.2, 0) is 9.47 Å². The summed E-state index contributed by atoms with van der Waals surface area (Å²) in [6, 6.07) is -0.0269. The molecule has 0 aromatic rings. The SMILES string of the molecule is C#CCC(CCCCCCCC)N(COC)C(=O)OC(C)(C)C. The van der Waals surface area contributed by atoms with Crippen molar-refractivity contribution in [1.82, 2.24) is 4.90 Å². The second kappa shape index (κ2) is 12.2. The number of rotatable bonds is 11. The largest absolute Gasteiger partial charge is 0.444 e. The van der Waals surface area contributed by atoms with Gasteiger partial charge in [0.2, 0.25) is 0 Å². The number of hydrogen-bond donors (Lipinski definition) is 0. The fourth-order valence-electron chi connectivity index (χ4n) is 2.43. The first kappa shape index (κ1) is 21.8. The molecule has 0 N–H and O–H groups in total. The Morgan fingerprint density at radius 2 is 1.78 bits per heavy atom. The Morgan fingerprint density at radius 1 is 1.17 bits per heavy atom. The van der Waals surface area contributed by atoms with E-state index in [1.807, 2.05) is 20.8 Å².